The second-order valence-corrected chi connectivity index (χ2v) is 4.97. The molecule has 0 aliphatic rings. The van der Waals surface area contributed by atoms with E-state index in [1.165, 1.54) is 0 Å². The van der Waals surface area contributed by atoms with Crippen LogP contribution in [0.1, 0.15) is 5.56 Å². The van der Waals surface area contributed by atoms with Gasteiger partial charge in [-0.2, -0.15) is 0 Å². The second-order valence-electron chi connectivity index (χ2n) is 4.97. The highest BCUT2D eigenvalue weighted by Crippen LogP contribution is 2.27. The van der Waals surface area contributed by atoms with E-state index in [9.17, 15) is 4.79 Å². The largest absolute Gasteiger partial charge is 0.269 e. The van der Waals surface area contributed by atoms with Crippen molar-refractivity contribution in [3.05, 3.63) is 70.5 Å². The smallest absolute Gasteiger partial charge is 0.256 e. The van der Waals surface area contributed by atoms with Crippen LogP contribution in [-0.2, 0) is 0 Å². The predicted octanol–water partition coefficient (Wildman–Crippen LogP) is 3.26. The molecule has 0 atom stereocenters. The van der Waals surface area contributed by atoms with Gasteiger partial charge >= 0.3 is 0 Å². The maximum absolute atomic E-state index is 12.3. The van der Waals surface area contributed by atoms with Gasteiger partial charge in [0.2, 0.25) is 0 Å². The molecular weight excluding hydrogens is 248 g/mol. The Kier molecular flexibility index (Phi) is 2.18. The first-order valence-electron chi connectivity index (χ1n) is 6.55. The molecule has 0 aliphatic heterocycles. The average molecular weight is 260 g/mol. The summed E-state index contributed by atoms with van der Waals surface area (Å²) < 4.78 is 1.72. The van der Waals surface area contributed by atoms with Gasteiger partial charge in [0.05, 0.1) is 11.0 Å². The maximum Gasteiger partial charge on any atom is 0.256 e. The van der Waals surface area contributed by atoms with Gasteiger partial charge in [-0.15, -0.1) is 0 Å². The lowest BCUT2D eigenvalue weighted by atomic mass is 10.1. The van der Waals surface area contributed by atoms with Gasteiger partial charge in [-0.25, -0.2) is 4.98 Å². The van der Waals surface area contributed by atoms with E-state index in [-0.39, 0.29) is 5.56 Å². The lowest BCUT2D eigenvalue weighted by Gasteiger charge is -2.03. The zero-order valence-corrected chi connectivity index (χ0v) is 11.0. The number of benzene rings is 2. The van der Waals surface area contributed by atoms with Gasteiger partial charge in [-0.05, 0) is 24.6 Å². The number of aryl methyl sites for hydroxylation is 1. The van der Waals surface area contributed by atoms with Crippen molar-refractivity contribution in [2.75, 3.05) is 0 Å². The molecule has 0 radical (unpaired) electrons. The van der Waals surface area contributed by atoms with Crippen molar-refractivity contribution in [1.29, 1.82) is 0 Å². The Morgan fingerprint density at radius 3 is 2.55 bits per heavy atom. The topological polar surface area (TPSA) is 34.4 Å². The molecule has 0 bridgehead atoms. The number of rotatable bonds is 1. The van der Waals surface area contributed by atoms with E-state index < -0.39 is 0 Å². The van der Waals surface area contributed by atoms with Crippen molar-refractivity contribution < 1.29 is 0 Å². The van der Waals surface area contributed by atoms with E-state index in [0.29, 0.717) is 5.82 Å². The normalized spacial score (nSPS) is 11.4. The van der Waals surface area contributed by atoms with Crippen LogP contribution >= 0.6 is 0 Å². The molecule has 20 heavy (non-hydrogen) atoms. The summed E-state index contributed by atoms with van der Waals surface area (Å²) in [5, 5.41) is 1.08. The summed E-state index contributed by atoms with van der Waals surface area (Å²) in [4.78, 5) is 16.9. The molecule has 0 spiro atoms. The summed E-state index contributed by atoms with van der Waals surface area (Å²) in [5.41, 5.74) is 3.85. The molecule has 96 valence electrons. The average Bonchev–Trinajstić information content (AvgIpc) is 2.87. The molecule has 4 aromatic rings. The first kappa shape index (κ1) is 11.2. The third-order valence-corrected chi connectivity index (χ3v) is 3.72. The molecule has 0 aliphatic carbocycles. The molecule has 0 saturated heterocycles. The van der Waals surface area contributed by atoms with Gasteiger partial charge in [0.15, 0.2) is 0 Å². The van der Waals surface area contributed by atoms with Crippen LogP contribution in [0.5, 0.6) is 0 Å². The summed E-state index contributed by atoms with van der Waals surface area (Å²) in [6.45, 7) is 2.05. The SMILES string of the molecule is Cc1ccc2nc(-c3ccccc3)n3c(=O)ccc1c23. The van der Waals surface area contributed by atoms with E-state index in [0.717, 1.165) is 27.5 Å². The number of aromatic nitrogens is 2. The van der Waals surface area contributed by atoms with Crippen LogP contribution in [0, 0.1) is 6.92 Å². The molecule has 2 aromatic heterocycles. The summed E-state index contributed by atoms with van der Waals surface area (Å²) >= 11 is 0. The standard InChI is InChI=1S/C17H12N2O/c1-11-7-9-14-16-13(11)8-10-15(20)19(16)17(18-14)12-5-3-2-4-6-12/h2-10H,1H3. The van der Waals surface area contributed by atoms with E-state index in [4.69, 9.17) is 0 Å². The Bertz CT molecular complexity index is 971. The fourth-order valence-corrected chi connectivity index (χ4v) is 2.73. The highest BCUT2D eigenvalue weighted by molar-refractivity contribution is 5.97. The fourth-order valence-electron chi connectivity index (χ4n) is 2.73. The van der Waals surface area contributed by atoms with Gasteiger partial charge in [-0.3, -0.25) is 9.20 Å². The number of imidazole rings is 1. The van der Waals surface area contributed by atoms with Gasteiger partial charge in [0.25, 0.3) is 5.56 Å². The zero-order chi connectivity index (χ0) is 13.7. The van der Waals surface area contributed by atoms with E-state index in [1.54, 1.807) is 10.5 Å². The molecule has 4 rings (SSSR count). The van der Waals surface area contributed by atoms with Gasteiger partial charge < -0.3 is 0 Å². The van der Waals surface area contributed by atoms with Gasteiger partial charge in [-0.1, -0.05) is 36.4 Å². The summed E-state index contributed by atoms with van der Waals surface area (Å²) in [7, 11) is 0. The molecule has 0 amide bonds. The molecule has 0 fully saturated rings. The van der Waals surface area contributed by atoms with E-state index in [1.807, 2.05) is 48.5 Å². The minimum Gasteiger partial charge on any atom is -0.269 e. The maximum atomic E-state index is 12.3. The molecule has 0 N–H and O–H groups in total. The number of pyridine rings is 1. The van der Waals surface area contributed by atoms with Crippen molar-refractivity contribution in [3.63, 3.8) is 0 Å². The van der Waals surface area contributed by atoms with Crippen LogP contribution in [0.3, 0.4) is 0 Å². The minimum atomic E-state index is -0.0375. The van der Waals surface area contributed by atoms with E-state index in [2.05, 4.69) is 11.9 Å². The Morgan fingerprint density at radius 2 is 1.75 bits per heavy atom. The highest BCUT2D eigenvalue weighted by Gasteiger charge is 2.14. The lowest BCUT2D eigenvalue weighted by Crippen LogP contribution is -2.12. The third-order valence-electron chi connectivity index (χ3n) is 3.72. The first-order valence-corrected chi connectivity index (χ1v) is 6.55. The minimum absolute atomic E-state index is 0.0375. The Hall–Kier alpha value is -2.68. The van der Waals surface area contributed by atoms with Crippen LogP contribution < -0.4 is 5.56 Å². The van der Waals surface area contributed by atoms with Crippen LogP contribution in [0.2, 0.25) is 0 Å². The van der Waals surface area contributed by atoms with Crippen LogP contribution in [0.15, 0.2) is 59.4 Å². The number of nitrogens with zero attached hydrogens (tertiary/aromatic N) is 2. The van der Waals surface area contributed by atoms with Crippen molar-refractivity contribution in [1.82, 2.24) is 9.38 Å². The zero-order valence-electron chi connectivity index (χ0n) is 11.0. The molecule has 2 heterocycles. The highest BCUT2D eigenvalue weighted by atomic mass is 16.1. The summed E-state index contributed by atoms with van der Waals surface area (Å²) in [6.07, 6.45) is 0. The molecule has 0 saturated carbocycles. The quantitative estimate of drug-likeness (QED) is 0.526. The van der Waals surface area contributed by atoms with Crippen molar-refractivity contribution in [3.8, 4) is 11.4 Å². The fraction of sp³-hybridized carbons (Fsp3) is 0.0588. The van der Waals surface area contributed by atoms with Crippen LogP contribution in [0.25, 0.3) is 27.8 Å². The first-order chi connectivity index (χ1) is 9.75. The number of hydrogen-bond donors (Lipinski definition) is 0. The third kappa shape index (κ3) is 1.40. The second kappa shape index (κ2) is 3.90. The van der Waals surface area contributed by atoms with Gasteiger partial charge in [0.1, 0.15) is 5.82 Å². The van der Waals surface area contributed by atoms with E-state index >= 15 is 0 Å². The Balaban J connectivity index is 2.25. The van der Waals surface area contributed by atoms with Crippen molar-refractivity contribution in [2.45, 2.75) is 6.92 Å². The van der Waals surface area contributed by atoms with Crippen molar-refractivity contribution in [2.24, 2.45) is 0 Å². The van der Waals surface area contributed by atoms with Gasteiger partial charge in [0, 0.05) is 17.0 Å². The number of hydrogen-bond acceptors (Lipinski definition) is 2. The summed E-state index contributed by atoms with van der Waals surface area (Å²) in [6, 6.07) is 17.3. The molecule has 2 aromatic carbocycles. The lowest BCUT2D eigenvalue weighted by molar-refractivity contribution is 1.11. The summed E-state index contributed by atoms with van der Waals surface area (Å²) in [5.74, 6) is 0.710. The van der Waals surface area contributed by atoms with Crippen LogP contribution in [-0.4, -0.2) is 9.38 Å². The monoisotopic (exact) mass is 260 g/mol. The van der Waals surface area contributed by atoms with Crippen LogP contribution in [0.4, 0.5) is 0 Å². The molecule has 3 heteroatoms. The Morgan fingerprint density at radius 1 is 0.950 bits per heavy atom. The Labute approximate surface area is 115 Å². The predicted molar refractivity (Wildman–Crippen MR) is 80.3 cm³/mol. The molecular formula is C17H12N2O. The van der Waals surface area contributed by atoms with Crippen molar-refractivity contribution >= 4 is 16.4 Å². The molecule has 0 unspecified atom stereocenters. The molecule has 3 nitrogen and oxygen atoms in total.